The monoisotopic (exact) mass is 290 g/mol. The summed E-state index contributed by atoms with van der Waals surface area (Å²) in [5.74, 6) is 0.152. The van der Waals surface area contributed by atoms with Gasteiger partial charge >= 0.3 is 0 Å². The van der Waals surface area contributed by atoms with Crippen LogP contribution in [0.4, 0.5) is 0 Å². The van der Waals surface area contributed by atoms with E-state index in [0.29, 0.717) is 11.6 Å². The molecule has 0 unspecified atom stereocenters. The Balaban J connectivity index is 1.64. The van der Waals surface area contributed by atoms with E-state index in [1.165, 1.54) is 5.57 Å². The molecule has 3 nitrogen and oxygen atoms in total. The van der Waals surface area contributed by atoms with Crippen LogP contribution in [0.3, 0.4) is 0 Å². The van der Waals surface area contributed by atoms with Crippen LogP contribution in [-0.2, 0) is 10.2 Å². The minimum atomic E-state index is -0.307. The van der Waals surface area contributed by atoms with E-state index in [-0.39, 0.29) is 11.3 Å². The van der Waals surface area contributed by atoms with E-state index >= 15 is 0 Å². The third kappa shape index (κ3) is 2.74. The molecule has 1 amide bonds. The second-order valence-electron chi connectivity index (χ2n) is 5.59. The molecular weight excluding hydrogens is 272 g/mol. The first kappa shape index (κ1) is 13.7. The highest BCUT2D eigenvalue weighted by atomic mass is 35.5. The fourth-order valence-electron chi connectivity index (χ4n) is 2.73. The van der Waals surface area contributed by atoms with Crippen LogP contribution in [0.2, 0.25) is 5.02 Å². The Kier molecular flexibility index (Phi) is 3.81. The van der Waals surface area contributed by atoms with Crippen LogP contribution in [0.1, 0.15) is 24.8 Å². The number of rotatable bonds is 4. The molecule has 1 aliphatic carbocycles. The van der Waals surface area contributed by atoms with Crippen LogP contribution >= 0.6 is 11.6 Å². The molecule has 1 aromatic rings. The Morgan fingerprint density at radius 1 is 1.30 bits per heavy atom. The van der Waals surface area contributed by atoms with Gasteiger partial charge in [0.1, 0.15) is 0 Å². The number of amides is 1. The second kappa shape index (κ2) is 5.58. The highest BCUT2D eigenvalue weighted by Gasteiger charge is 2.51. The van der Waals surface area contributed by atoms with Crippen LogP contribution in [0, 0.1) is 0 Å². The van der Waals surface area contributed by atoms with Crippen LogP contribution in [0.5, 0.6) is 0 Å². The second-order valence-corrected chi connectivity index (χ2v) is 6.02. The highest BCUT2D eigenvalue weighted by Crippen LogP contribution is 2.48. The third-order valence-corrected chi connectivity index (χ3v) is 4.47. The van der Waals surface area contributed by atoms with Crippen molar-refractivity contribution in [1.82, 2.24) is 10.6 Å². The molecule has 1 fully saturated rings. The molecule has 2 N–H and O–H groups in total. The van der Waals surface area contributed by atoms with Gasteiger partial charge in [-0.05, 0) is 43.5 Å². The summed E-state index contributed by atoms with van der Waals surface area (Å²) in [5.41, 5.74) is 2.10. The molecule has 2 aliphatic rings. The molecule has 106 valence electrons. The molecule has 0 bridgehead atoms. The van der Waals surface area contributed by atoms with E-state index in [1.807, 2.05) is 24.3 Å². The van der Waals surface area contributed by atoms with Gasteiger partial charge in [-0.1, -0.05) is 35.4 Å². The third-order valence-electron chi connectivity index (χ3n) is 4.22. The maximum Gasteiger partial charge on any atom is 0.230 e. The molecular formula is C16H19ClN2O. The topological polar surface area (TPSA) is 41.1 Å². The molecule has 3 rings (SSSR count). The predicted molar refractivity (Wildman–Crippen MR) is 80.9 cm³/mol. The maximum atomic E-state index is 12.5. The summed E-state index contributed by atoms with van der Waals surface area (Å²) in [6.45, 7) is 2.59. The number of benzene rings is 1. The van der Waals surface area contributed by atoms with Gasteiger partial charge in [-0.2, -0.15) is 0 Å². The number of hydrogen-bond acceptors (Lipinski definition) is 2. The lowest BCUT2D eigenvalue weighted by molar-refractivity contribution is -0.123. The quantitative estimate of drug-likeness (QED) is 0.836. The van der Waals surface area contributed by atoms with E-state index in [0.717, 1.165) is 37.9 Å². The van der Waals surface area contributed by atoms with Crippen LogP contribution in [-0.4, -0.2) is 25.5 Å². The molecule has 0 atom stereocenters. The average Bonchev–Trinajstić information content (AvgIpc) is 3.28. The number of carbonyl (C=O) groups excluding carboxylic acids is 1. The van der Waals surface area contributed by atoms with Gasteiger partial charge in [0, 0.05) is 18.1 Å². The van der Waals surface area contributed by atoms with Crippen molar-refractivity contribution in [3.8, 4) is 0 Å². The molecule has 1 aliphatic heterocycles. The number of carbonyl (C=O) groups is 1. The Bertz CT molecular complexity index is 532. The van der Waals surface area contributed by atoms with E-state index in [1.54, 1.807) is 0 Å². The normalized spacial score (nSPS) is 20.1. The zero-order chi connectivity index (χ0) is 14.0. The Morgan fingerprint density at radius 3 is 2.65 bits per heavy atom. The summed E-state index contributed by atoms with van der Waals surface area (Å²) in [6.07, 6.45) is 5.06. The van der Waals surface area contributed by atoms with E-state index < -0.39 is 0 Å². The fourth-order valence-corrected chi connectivity index (χ4v) is 2.86. The van der Waals surface area contributed by atoms with E-state index in [4.69, 9.17) is 11.6 Å². The Hall–Kier alpha value is -1.32. The predicted octanol–water partition coefficient (Wildman–Crippen LogP) is 2.41. The Morgan fingerprint density at radius 2 is 2.05 bits per heavy atom. The fraction of sp³-hybridized carbons (Fsp3) is 0.438. The van der Waals surface area contributed by atoms with Crippen molar-refractivity contribution in [1.29, 1.82) is 0 Å². The van der Waals surface area contributed by atoms with Gasteiger partial charge in [-0.25, -0.2) is 0 Å². The van der Waals surface area contributed by atoms with E-state index in [2.05, 4.69) is 16.7 Å². The first-order valence-corrected chi connectivity index (χ1v) is 7.51. The summed E-state index contributed by atoms with van der Waals surface area (Å²) in [4.78, 5) is 12.5. The molecule has 20 heavy (non-hydrogen) atoms. The first-order chi connectivity index (χ1) is 9.71. The van der Waals surface area contributed by atoms with Crippen molar-refractivity contribution in [2.45, 2.75) is 24.7 Å². The lowest BCUT2D eigenvalue weighted by Crippen LogP contribution is -2.37. The molecule has 1 saturated carbocycles. The van der Waals surface area contributed by atoms with Gasteiger partial charge in [0.2, 0.25) is 5.91 Å². The summed E-state index contributed by atoms with van der Waals surface area (Å²) in [7, 11) is 0. The van der Waals surface area contributed by atoms with Crippen molar-refractivity contribution in [3.05, 3.63) is 46.5 Å². The van der Waals surface area contributed by atoms with Gasteiger partial charge in [0.05, 0.1) is 5.41 Å². The molecule has 1 heterocycles. The molecule has 4 heteroatoms. The van der Waals surface area contributed by atoms with Crippen molar-refractivity contribution in [2.75, 3.05) is 19.6 Å². The smallest absolute Gasteiger partial charge is 0.230 e. The largest absolute Gasteiger partial charge is 0.352 e. The zero-order valence-corrected chi connectivity index (χ0v) is 12.2. The SMILES string of the molecule is O=C(NCC1=CCNCC1)C1(c2ccc(Cl)cc2)CC1. The van der Waals surface area contributed by atoms with Crippen molar-refractivity contribution >= 4 is 17.5 Å². The standard InChI is InChI=1S/C16H19ClN2O/c17-14-3-1-13(2-4-14)16(7-8-16)15(20)19-11-12-5-9-18-10-6-12/h1-5,18H,6-11H2,(H,19,20). The molecule has 1 aromatic carbocycles. The first-order valence-electron chi connectivity index (χ1n) is 7.14. The molecule has 0 radical (unpaired) electrons. The minimum Gasteiger partial charge on any atom is -0.352 e. The summed E-state index contributed by atoms with van der Waals surface area (Å²) in [5, 5.41) is 7.09. The summed E-state index contributed by atoms with van der Waals surface area (Å²) < 4.78 is 0. The average molecular weight is 291 g/mol. The van der Waals surface area contributed by atoms with Crippen LogP contribution in [0.25, 0.3) is 0 Å². The molecule has 0 spiro atoms. The van der Waals surface area contributed by atoms with Crippen LogP contribution in [0.15, 0.2) is 35.9 Å². The van der Waals surface area contributed by atoms with Gasteiger partial charge in [-0.15, -0.1) is 0 Å². The maximum absolute atomic E-state index is 12.5. The lowest BCUT2D eigenvalue weighted by atomic mass is 9.95. The van der Waals surface area contributed by atoms with Gasteiger partial charge in [-0.3, -0.25) is 4.79 Å². The lowest BCUT2D eigenvalue weighted by Gasteiger charge is -2.18. The summed E-state index contributed by atoms with van der Waals surface area (Å²) >= 11 is 5.91. The number of hydrogen-bond donors (Lipinski definition) is 2. The Labute approximate surface area is 124 Å². The zero-order valence-electron chi connectivity index (χ0n) is 11.4. The molecule has 0 saturated heterocycles. The van der Waals surface area contributed by atoms with Crippen molar-refractivity contribution in [3.63, 3.8) is 0 Å². The van der Waals surface area contributed by atoms with Gasteiger partial charge < -0.3 is 10.6 Å². The minimum absolute atomic E-state index is 0.152. The summed E-state index contributed by atoms with van der Waals surface area (Å²) in [6, 6.07) is 7.66. The number of nitrogens with one attached hydrogen (secondary N) is 2. The molecule has 0 aromatic heterocycles. The van der Waals surface area contributed by atoms with Crippen molar-refractivity contribution in [2.24, 2.45) is 0 Å². The van der Waals surface area contributed by atoms with Crippen LogP contribution < -0.4 is 10.6 Å². The highest BCUT2D eigenvalue weighted by molar-refractivity contribution is 6.30. The van der Waals surface area contributed by atoms with Crippen molar-refractivity contribution < 1.29 is 4.79 Å². The van der Waals surface area contributed by atoms with E-state index in [9.17, 15) is 4.79 Å². The van der Waals surface area contributed by atoms with Gasteiger partial charge in [0.15, 0.2) is 0 Å². The number of halogens is 1. The van der Waals surface area contributed by atoms with Gasteiger partial charge in [0.25, 0.3) is 0 Å².